The fraction of sp³-hybridized carbons (Fsp3) is 0.333. The van der Waals surface area contributed by atoms with Crippen molar-refractivity contribution in [1.29, 1.82) is 0 Å². The molecule has 6 heteroatoms. The lowest BCUT2D eigenvalue weighted by molar-refractivity contribution is -0.118. The summed E-state index contributed by atoms with van der Waals surface area (Å²) in [4.78, 5) is 26.7. The predicted octanol–water partition coefficient (Wildman–Crippen LogP) is 1.84. The molecule has 0 aliphatic carbocycles. The summed E-state index contributed by atoms with van der Waals surface area (Å²) in [5.74, 6) is -0.473. The van der Waals surface area contributed by atoms with E-state index in [1.807, 2.05) is 12.1 Å². The Kier molecular flexibility index (Phi) is 4.09. The lowest BCUT2D eigenvalue weighted by atomic mass is 10.1. The summed E-state index contributed by atoms with van der Waals surface area (Å²) in [5, 5.41) is 0. The molecule has 0 radical (unpaired) electrons. The van der Waals surface area contributed by atoms with Gasteiger partial charge in [-0.15, -0.1) is 23.2 Å². The van der Waals surface area contributed by atoms with Gasteiger partial charge in [0.05, 0.1) is 11.4 Å². The van der Waals surface area contributed by atoms with E-state index < -0.39 is 0 Å². The number of fused-ring (bicyclic) bond motifs is 1. The SMILES string of the molecule is O=C(CCl)N1CCN(C(=O)CCl)c2ccccc21. The summed E-state index contributed by atoms with van der Waals surface area (Å²) in [5.41, 5.74) is 1.40. The van der Waals surface area contributed by atoms with Gasteiger partial charge in [0.15, 0.2) is 0 Å². The highest BCUT2D eigenvalue weighted by Gasteiger charge is 2.28. The van der Waals surface area contributed by atoms with Crippen LogP contribution in [0.25, 0.3) is 0 Å². The highest BCUT2D eigenvalue weighted by atomic mass is 35.5. The first-order valence-electron chi connectivity index (χ1n) is 5.50. The Labute approximate surface area is 115 Å². The van der Waals surface area contributed by atoms with E-state index in [1.54, 1.807) is 21.9 Å². The maximum atomic E-state index is 11.7. The Bertz CT molecular complexity index is 436. The van der Waals surface area contributed by atoms with E-state index in [2.05, 4.69) is 0 Å². The molecule has 4 nitrogen and oxygen atoms in total. The zero-order valence-electron chi connectivity index (χ0n) is 9.60. The highest BCUT2D eigenvalue weighted by Crippen LogP contribution is 2.33. The van der Waals surface area contributed by atoms with E-state index in [9.17, 15) is 9.59 Å². The maximum absolute atomic E-state index is 11.7. The first-order valence-corrected chi connectivity index (χ1v) is 6.57. The van der Waals surface area contributed by atoms with Crippen LogP contribution < -0.4 is 9.80 Å². The van der Waals surface area contributed by atoms with Crippen molar-refractivity contribution in [3.63, 3.8) is 0 Å². The molecule has 0 aromatic heterocycles. The largest absolute Gasteiger partial charge is 0.308 e. The Morgan fingerprint density at radius 1 is 0.944 bits per heavy atom. The fourth-order valence-electron chi connectivity index (χ4n) is 2.02. The van der Waals surface area contributed by atoms with Gasteiger partial charge < -0.3 is 9.80 Å². The normalized spacial score (nSPS) is 14.3. The molecule has 0 spiro atoms. The van der Waals surface area contributed by atoms with Gasteiger partial charge in [-0.05, 0) is 12.1 Å². The van der Waals surface area contributed by atoms with E-state index >= 15 is 0 Å². The topological polar surface area (TPSA) is 40.6 Å². The molecular formula is C12H12Cl2N2O2. The molecule has 0 N–H and O–H groups in total. The molecule has 1 aliphatic rings. The van der Waals surface area contributed by atoms with Gasteiger partial charge in [0, 0.05) is 13.1 Å². The summed E-state index contributed by atoms with van der Waals surface area (Å²) in [6.45, 7) is 0.871. The van der Waals surface area contributed by atoms with Crippen LogP contribution in [0.1, 0.15) is 0 Å². The van der Waals surface area contributed by atoms with Gasteiger partial charge in [-0.2, -0.15) is 0 Å². The molecule has 0 fully saturated rings. The zero-order chi connectivity index (χ0) is 13.1. The molecule has 0 bridgehead atoms. The van der Waals surface area contributed by atoms with Gasteiger partial charge in [0.25, 0.3) is 0 Å². The number of benzene rings is 1. The number of para-hydroxylation sites is 2. The molecule has 2 amide bonds. The van der Waals surface area contributed by atoms with Gasteiger partial charge in [0.2, 0.25) is 11.8 Å². The standard InChI is InChI=1S/C12H12Cl2N2O2/c13-7-11(17)15-5-6-16(12(18)8-14)10-4-2-1-3-9(10)15/h1-4H,5-8H2. The van der Waals surface area contributed by atoms with Crippen molar-refractivity contribution in [2.75, 3.05) is 34.6 Å². The summed E-state index contributed by atoms with van der Waals surface area (Å²) in [6, 6.07) is 7.24. The summed E-state index contributed by atoms with van der Waals surface area (Å²) in [7, 11) is 0. The second-order valence-corrected chi connectivity index (χ2v) is 4.38. The molecule has 0 unspecified atom stereocenters. The van der Waals surface area contributed by atoms with Crippen LogP contribution in [0.3, 0.4) is 0 Å². The van der Waals surface area contributed by atoms with Crippen molar-refractivity contribution in [1.82, 2.24) is 0 Å². The number of alkyl halides is 2. The average molecular weight is 287 g/mol. The van der Waals surface area contributed by atoms with E-state index in [0.29, 0.717) is 24.5 Å². The Balaban J connectivity index is 2.40. The number of amides is 2. The Morgan fingerprint density at radius 2 is 1.33 bits per heavy atom. The number of carbonyl (C=O) groups excluding carboxylic acids is 2. The van der Waals surface area contributed by atoms with Gasteiger partial charge in [-0.25, -0.2) is 0 Å². The van der Waals surface area contributed by atoms with Crippen molar-refractivity contribution >= 4 is 46.4 Å². The molecule has 18 heavy (non-hydrogen) atoms. The van der Waals surface area contributed by atoms with Gasteiger partial charge in [-0.1, -0.05) is 12.1 Å². The van der Waals surface area contributed by atoms with Gasteiger partial charge in [-0.3, -0.25) is 9.59 Å². The number of anilines is 2. The maximum Gasteiger partial charge on any atom is 0.242 e. The molecule has 1 aromatic rings. The lowest BCUT2D eigenvalue weighted by Crippen LogP contribution is -2.47. The predicted molar refractivity (Wildman–Crippen MR) is 72.6 cm³/mol. The number of hydrogen-bond donors (Lipinski definition) is 0. The van der Waals surface area contributed by atoms with Crippen molar-refractivity contribution in [3.8, 4) is 0 Å². The minimum atomic E-state index is -0.165. The molecule has 96 valence electrons. The first-order chi connectivity index (χ1) is 8.69. The first kappa shape index (κ1) is 13.2. The van der Waals surface area contributed by atoms with Crippen molar-refractivity contribution in [2.45, 2.75) is 0 Å². The van der Waals surface area contributed by atoms with E-state index in [-0.39, 0.29) is 23.6 Å². The Hall–Kier alpha value is -1.26. The van der Waals surface area contributed by atoms with E-state index in [4.69, 9.17) is 23.2 Å². The smallest absolute Gasteiger partial charge is 0.242 e. The molecule has 1 aromatic carbocycles. The van der Waals surface area contributed by atoms with Crippen LogP contribution in [-0.2, 0) is 9.59 Å². The van der Waals surface area contributed by atoms with Gasteiger partial charge in [0.1, 0.15) is 11.8 Å². The van der Waals surface area contributed by atoms with E-state index in [1.165, 1.54) is 0 Å². The molecule has 0 saturated heterocycles. The van der Waals surface area contributed by atoms with Crippen LogP contribution in [0.15, 0.2) is 24.3 Å². The lowest BCUT2D eigenvalue weighted by Gasteiger charge is -2.36. The third-order valence-electron chi connectivity index (χ3n) is 2.84. The fourth-order valence-corrected chi connectivity index (χ4v) is 2.31. The third-order valence-corrected chi connectivity index (χ3v) is 3.30. The number of nitrogens with zero attached hydrogens (tertiary/aromatic N) is 2. The third kappa shape index (κ3) is 2.31. The average Bonchev–Trinajstić information content (AvgIpc) is 2.44. The summed E-state index contributed by atoms with van der Waals surface area (Å²) in [6.07, 6.45) is 0. The van der Waals surface area contributed by atoms with Crippen LogP contribution in [-0.4, -0.2) is 36.7 Å². The summed E-state index contributed by atoms with van der Waals surface area (Å²) < 4.78 is 0. The molecule has 0 atom stereocenters. The molecule has 0 saturated carbocycles. The van der Waals surface area contributed by atoms with Crippen molar-refractivity contribution in [2.24, 2.45) is 0 Å². The Morgan fingerprint density at radius 3 is 1.67 bits per heavy atom. The van der Waals surface area contributed by atoms with E-state index in [0.717, 1.165) is 0 Å². The number of halogens is 2. The van der Waals surface area contributed by atoms with Crippen molar-refractivity contribution in [3.05, 3.63) is 24.3 Å². The van der Waals surface area contributed by atoms with Crippen LogP contribution in [0, 0.1) is 0 Å². The molecule has 1 aliphatic heterocycles. The zero-order valence-corrected chi connectivity index (χ0v) is 11.1. The minimum absolute atomic E-state index is 0.0716. The molecule has 1 heterocycles. The quantitative estimate of drug-likeness (QED) is 0.779. The highest BCUT2D eigenvalue weighted by molar-refractivity contribution is 6.31. The number of carbonyl (C=O) groups is 2. The number of hydrogen-bond acceptors (Lipinski definition) is 2. The monoisotopic (exact) mass is 286 g/mol. The molecule has 2 rings (SSSR count). The van der Waals surface area contributed by atoms with Gasteiger partial charge >= 0.3 is 0 Å². The second-order valence-electron chi connectivity index (χ2n) is 3.85. The van der Waals surface area contributed by atoms with Crippen LogP contribution >= 0.6 is 23.2 Å². The van der Waals surface area contributed by atoms with Crippen LogP contribution in [0.2, 0.25) is 0 Å². The van der Waals surface area contributed by atoms with Crippen LogP contribution in [0.4, 0.5) is 11.4 Å². The molecular weight excluding hydrogens is 275 g/mol. The summed E-state index contributed by atoms with van der Waals surface area (Å²) >= 11 is 11.2. The van der Waals surface area contributed by atoms with Crippen molar-refractivity contribution < 1.29 is 9.59 Å². The second kappa shape index (κ2) is 5.59. The number of rotatable bonds is 2. The van der Waals surface area contributed by atoms with Crippen LogP contribution in [0.5, 0.6) is 0 Å². The minimum Gasteiger partial charge on any atom is -0.308 e.